The predicted molar refractivity (Wildman–Crippen MR) is 190 cm³/mol. The maximum absolute atomic E-state index is 12.5. The van der Waals surface area contributed by atoms with Crippen LogP contribution in [0.15, 0.2) is 59.6 Å². The van der Waals surface area contributed by atoms with E-state index in [1.54, 1.807) is 12.1 Å². The Hall–Kier alpha value is -2.20. The van der Waals surface area contributed by atoms with Crippen LogP contribution in [0.3, 0.4) is 0 Å². The molecule has 3 aromatic rings. The van der Waals surface area contributed by atoms with Crippen molar-refractivity contribution in [3.63, 3.8) is 0 Å². The number of hydrogen-bond acceptors (Lipinski definition) is 4. The Bertz CT molecular complexity index is 1250. The van der Waals surface area contributed by atoms with E-state index in [0.29, 0.717) is 11.3 Å². The highest BCUT2D eigenvalue weighted by atomic mass is 33.1. The first-order valence-electron chi connectivity index (χ1n) is 17.4. The Morgan fingerprint density at radius 3 is 1.94 bits per heavy atom. The second-order valence-corrected chi connectivity index (χ2v) is 14.6. The number of aryl methyl sites for hydroxylation is 3. The van der Waals surface area contributed by atoms with Gasteiger partial charge in [-0.3, -0.25) is 4.68 Å². The molecule has 262 valence electrons. The Kier molecular flexibility index (Phi) is 18.7. The second kappa shape index (κ2) is 22.4. The van der Waals surface area contributed by atoms with Crippen molar-refractivity contribution in [2.45, 2.75) is 132 Å². The number of alkyl halides is 5. The number of para-hydroxylation sites is 1. The Balaban J connectivity index is 1.21. The third-order valence-corrected chi connectivity index (χ3v) is 10.5. The largest absolute Gasteiger partial charge is 0.452 e. The van der Waals surface area contributed by atoms with Gasteiger partial charge in [-0.05, 0) is 78.6 Å². The standard InChI is InChI=1S/C37H52F5N3S2/c1-45-29-31(34(44-45)21-14-10-6-4-7-11-15-23-36(38)39)19-13-9-5-2-3-8-12-18-28-43-35-22-17-16-20-33(35)30-24-26-32(27-25-30)46-47-37(40,41)42/h16-17,20,22,24-27,29,36,43H,2-15,18-19,21,23,28H2,1H3. The molecule has 10 heteroatoms. The minimum atomic E-state index is -4.25. The van der Waals surface area contributed by atoms with Crippen LogP contribution >= 0.6 is 21.6 Å². The second-order valence-electron chi connectivity index (χ2n) is 12.4. The van der Waals surface area contributed by atoms with E-state index in [2.05, 4.69) is 17.6 Å². The monoisotopic (exact) mass is 697 g/mol. The minimum absolute atomic E-state index is 0.0431. The predicted octanol–water partition coefficient (Wildman–Crippen LogP) is 13.1. The van der Waals surface area contributed by atoms with Crippen molar-refractivity contribution in [3.05, 3.63) is 66.0 Å². The molecule has 0 saturated carbocycles. The van der Waals surface area contributed by atoms with Crippen molar-refractivity contribution in [1.29, 1.82) is 0 Å². The molecule has 1 heterocycles. The summed E-state index contributed by atoms with van der Waals surface area (Å²) < 4.78 is 63.8. The summed E-state index contributed by atoms with van der Waals surface area (Å²) in [6, 6.07) is 15.3. The molecule has 47 heavy (non-hydrogen) atoms. The summed E-state index contributed by atoms with van der Waals surface area (Å²) in [5.41, 5.74) is 1.48. The van der Waals surface area contributed by atoms with Crippen molar-refractivity contribution in [1.82, 2.24) is 9.78 Å². The first-order valence-corrected chi connectivity index (χ1v) is 19.5. The first-order chi connectivity index (χ1) is 22.7. The average molecular weight is 698 g/mol. The van der Waals surface area contributed by atoms with Crippen LogP contribution in [0.2, 0.25) is 0 Å². The normalized spacial score (nSPS) is 11.9. The van der Waals surface area contributed by atoms with Gasteiger partial charge in [0.25, 0.3) is 0 Å². The van der Waals surface area contributed by atoms with Gasteiger partial charge >= 0.3 is 5.51 Å². The summed E-state index contributed by atoms with van der Waals surface area (Å²) in [5.74, 6) is 0. The van der Waals surface area contributed by atoms with Crippen molar-refractivity contribution in [2.24, 2.45) is 7.05 Å². The molecule has 0 aliphatic rings. The molecule has 3 rings (SSSR count). The van der Waals surface area contributed by atoms with E-state index in [0.717, 1.165) is 79.1 Å². The van der Waals surface area contributed by atoms with E-state index in [1.807, 2.05) is 42.1 Å². The maximum Gasteiger partial charge on any atom is 0.452 e. The van der Waals surface area contributed by atoms with Gasteiger partial charge in [-0.2, -0.15) is 18.3 Å². The summed E-state index contributed by atoms with van der Waals surface area (Å²) in [4.78, 5) is 0.583. The highest BCUT2D eigenvalue weighted by molar-refractivity contribution is 8.77. The molecule has 0 aliphatic heterocycles. The van der Waals surface area contributed by atoms with Crippen LogP contribution in [-0.4, -0.2) is 28.3 Å². The van der Waals surface area contributed by atoms with Crippen LogP contribution in [-0.2, 0) is 19.9 Å². The fourth-order valence-electron chi connectivity index (χ4n) is 5.88. The average Bonchev–Trinajstić information content (AvgIpc) is 3.40. The lowest BCUT2D eigenvalue weighted by Gasteiger charge is -2.13. The number of anilines is 1. The third kappa shape index (κ3) is 17.2. The van der Waals surface area contributed by atoms with Crippen molar-refractivity contribution < 1.29 is 22.0 Å². The van der Waals surface area contributed by atoms with Gasteiger partial charge in [-0.25, -0.2) is 8.78 Å². The highest BCUT2D eigenvalue weighted by Crippen LogP contribution is 2.44. The topological polar surface area (TPSA) is 29.9 Å². The molecular weight excluding hydrogens is 646 g/mol. The molecular formula is C37H52F5N3S2. The van der Waals surface area contributed by atoms with Gasteiger partial charge in [-0.1, -0.05) is 101 Å². The van der Waals surface area contributed by atoms with Crippen molar-refractivity contribution >= 4 is 27.3 Å². The number of benzene rings is 2. The van der Waals surface area contributed by atoms with Crippen molar-refractivity contribution in [2.75, 3.05) is 11.9 Å². The molecule has 2 aromatic carbocycles. The number of aromatic nitrogens is 2. The van der Waals surface area contributed by atoms with Crippen LogP contribution in [0.5, 0.6) is 0 Å². The molecule has 0 atom stereocenters. The van der Waals surface area contributed by atoms with E-state index in [9.17, 15) is 22.0 Å². The van der Waals surface area contributed by atoms with Gasteiger partial charge in [0.2, 0.25) is 6.43 Å². The van der Waals surface area contributed by atoms with E-state index < -0.39 is 11.9 Å². The fourth-order valence-corrected chi connectivity index (χ4v) is 7.22. The van der Waals surface area contributed by atoms with Crippen LogP contribution in [0.1, 0.15) is 114 Å². The van der Waals surface area contributed by atoms with E-state index in [4.69, 9.17) is 5.10 Å². The summed E-state index contributed by atoms with van der Waals surface area (Å²) in [7, 11) is 2.65. The Morgan fingerprint density at radius 1 is 0.723 bits per heavy atom. The maximum atomic E-state index is 12.5. The quantitative estimate of drug-likeness (QED) is 0.0542. The molecule has 0 saturated heterocycles. The van der Waals surface area contributed by atoms with Gasteiger partial charge < -0.3 is 5.32 Å². The van der Waals surface area contributed by atoms with Gasteiger partial charge in [0.05, 0.1) is 5.69 Å². The van der Waals surface area contributed by atoms with Gasteiger partial charge in [0.15, 0.2) is 0 Å². The zero-order chi connectivity index (χ0) is 33.7. The molecule has 0 amide bonds. The third-order valence-electron chi connectivity index (χ3n) is 8.34. The zero-order valence-electron chi connectivity index (χ0n) is 27.8. The van der Waals surface area contributed by atoms with Crippen LogP contribution in [0.25, 0.3) is 11.1 Å². The molecule has 0 bridgehead atoms. The molecule has 0 aliphatic carbocycles. The van der Waals surface area contributed by atoms with E-state index in [1.165, 1.54) is 69.0 Å². The lowest BCUT2D eigenvalue weighted by molar-refractivity contribution is -0.0311. The van der Waals surface area contributed by atoms with Crippen LogP contribution in [0.4, 0.5) is 27.6 Å². The van der Waals surface area contributed by atoms with Crippen LogP contribution < -0.4 is 5.32 Å². The smallest absolute Gasteiger partial charge is 0.385 e. The SMILES string of the molecule is Cn1cc(CCCCCCCCCCNc2ccccc2-c2ccc(SSC(F)(F)F)cc2)c(CCCCCCCCCC(F)F)n1. The number of hydrogen-bond donors (Lipinski definition) is 1. The summed E-state index contributed by atoms with van der Waals surface area (Å²) in [6.07, 6.45) is 19.3. The Labute approximate surface area is 286 Å². The lowest BCUT2D eigenvalue weighted by atomic mass is 10.0. The van der Waals surface area contributed by atoms with E-state index in [-0.39, 0.29) is 17.2 Å². The lowest BCUT2D eigenvalue weighted by Crippen LogP contribution is -2.02. The summed E-state index contributed by atoms with van der Waals surface area (Å²) >= 11 is 0. The Morgan fingerprint density at radius 2 is 1.30 bits per heavy atom. The molecule has 0 fully saturated rings. The molecule has 0 spiro atoms. The van der Waals surface area contributed by atoms with Gasteiger partial charge in [-0.15, -0.1) is 0 Å². The number of nitrogens with one attached hydrogen (secondary N) is 1. The minimum Gasteiger partial charge on any atom is -0.385 e. The number of nitrogens with zero attached hydrogens (tertiary/aromatic N) is 2. The number of halogens is 5. The fraction of sp³-hybridized carbons (Fsp3) is 0.595. The summed E-state index contributed by atoms with van der Waals surface area (Å²) in [5, 5.41) is 8.27. The van der Waals surface area contributed by atoms with Crippen LogP contribution in [0, 0.1) is 0 Å². The highest BCUT2D eigenvalue weighted by Gasteiger charge is 2.29. The number of unbranched alkanes of at least 4 members (excludes halogenated alkanes) is 13. The molecule has 3 nitrogen and oxygen atoms in total. The molecule has 0 unspecified atom stereocenters. The van der Waals surface area contributed by atoms with Gasteiger partial charge in [0, 0.05) is 53.2 Å². The van der Waals surface area contributed by atoms with E-state index >= 15 is 0 Å². The molecule has 1 aromatic heterocycles. The summed E-state index contributed by atoms with van der Waals surface area (Å²) in [6.45, 7) is 0.893. The molecule has 1 N–H and O–H groups in total. The van der Waals surface area contributed by atoms with Gasteiger partial charge in [0.1, 0.15) is 0 Å². The number of rotatable bonds is 25. The zero-order valence-corrected chi connectivity index (χ0v) is 29.4. The molecule has 0 radical (unpaired) electrons. The first kappa shape index (κ1) is 39.2. The van der Waals surface area contributed by atoms with Crippen molar-refractivity contribution in [3.8, 4) is 11.1 Å².